The van der Waals surface area contributed by atoms with Crippen LogP contribution in [0.25, 0.3) is 0 Å². The lowest BCUT2D eigenvalue weighted by atomic mass is 10.1. The van der Waals surface area contributed by atoms with Gasteiger partial charge < -0.3 is 14.6 Å². The van der Waals surface area contributed by atoms with E-state index in [0.717, 1.165) is 11.4 Å². The van der Waals surface area contributed by atoms with E-state index < -0.39 is 22.0 Å². The molecule has 26 heavy (non-hydrogen) atoms. The molecule has 0 spiro atoms. The minimum Gasteiger partial charge on any atom is -0.497 e. The number of nitrogens with zero attached hydrogens (tertiary/aromatic N) is 1. The van der Waals surface area contributed by atoms with Crippen molar-refractivity contribution in [1.29, 1.82) is 0 Å². The minimum atomic E-state index is -4.13. The van der Waals surface area contributed by atoms with E-state index in [9.17, 15) is 23.1 Å². The van der Waals surface area contributed by atoms with Gasteiger partial charge in [-0.15, -0.1) is 0 Å². The molecule has 0 heterocycles. The number of ether oxygens (including phenoxy) is 2. The molecule has 0 aliphatic carbocycles. The topological polar surface area (TPSA) is 110 Å². The van der Waals surface area contributed by atoms with Gasteiger partial charge in [0.05, 0.1) is 35.9 Å². The molecule has 0 saturated heterocycles. The Labute approximate surface area is 150 Å². The molecule has 0 aromatic heterocycles. The zero-order valence-corrected chi connectivity index (χ0v) is 15.1. The Bertz CT molecular complexity index is 936. The molecule has 0 amide bonds. The Kier molecular flexibility index (Phi) is 5.51. The zero-order valence-electron chi connectivity index (χ0n) is 14.3. The van der Waals surface area contributed by atoms with Crippen molar-refractivity contribution in [2.75, 3.05) is 25.6 Å². The standard InChI is InChI=1S/C17H17NO7S/c1-18(26(22,23)12-9-7-11(24-2)8-10-12)15-13(16(19)20)5-4-6-14(15)17(21)25-3/h4-10H,1-3H3,(H,19,20). The SMILES string of the molecule is COC(=O)c1cccc(C(=O)O)c1N(C)S(=O)(=O)c1ccc(OC)cc1. The fraction of sp³-hybridized carbons (Fsp3) is 0.176. The average molecular weight is 379 g/mol. The normalized spacial score (nSPS) is 10.9. The summed E-state index contributed by atoms with van der Waals surface area (Å²) >= 11 is 0. The monoisotopic (exact) mass is 379 g/mol. The molecule has 9 heteroatoms. The van der Waals surface area contributed by atoms with Crippen molar-refractivity contribution in [3.05, 3.63) is 53.6 Å². The number of carbonyl (C=O) groups excluding carboxylic acids is 1. The van der Waals surface area contributed by atoms with Crippen molar-refractivity contribution < 1.29 is 32.6 Å². The largest absolute Gasteiger partial charge is 0.497 e. The Morgan fingerprint density at radius 2 is 1.58 bits per heavy atom. The van der Waals surface area contributed by atoms with Crippen LogP contribution in [0, 0.1) is 0 Å². The average Bonchev–Trinajstić information content (AvgIpc) is 2.65. The number of benzene rings is 2. The Balaban J connectivity index is 2.65. The number of anilines is 1. The maximum atomic E-state index is 12.9. The van der Waals surface area contributed by atoms with Crippen LogP contribution >= 0.6 is 0 Å². The van der Waals surface area contributed by atoms with Crippen molar-refractivity contribution >= 4 is 27.6 Å². The molecule has 2 rings (SSSR count). The van der Waals surface area contributed by atoms with Gasteiger partial charge in [-0.3, -0.25) is 4.31 Å². The zero-order chi connectivity index (χ0) is 19.5. The van der Waals surface area contributed by atoms with Crippen LogP contribution in [0.15, 0.2) is 47.4 Å². The van der Waals surface area contributed by atoms with Gasteiger partial charge in [0.15, 0.2) is 0 Å². The van der Waals surface area contributed by atoms with Crippen LogP contribution in [0.3, 0.4) is 0 Å². The quantitative estimate of drug-likeness (QED) is 0.764. The van der Waals surface area contributed by atoms with Crippen LogP contribution in [0.5, 0.6) is 5.75 Å². The Morgan fingerprint density at radius 1 is 1.00 bits per heavy atom. The summed E-state index contributed by atoms with van der Waals surface area (Å²) in [6.07, 6.45) is 0. The second-order valence-electron chi connectivity index (χ2n) is 5.15. The lowest BCUT2D eigenvalue weighted by molar-refractivity contribution is 0.0601. The summed E-state index contributed by atoms with van der Waals surface area (Å²) in [6.45, 7) is 0. The van der Waals surface area contributed by atoms with Gasteiger partial charge in [0, 0.05) is 7.05 Å². The number of carboxylic acids is 1. The first-order valence-corrected chi connectivity index (χ1v) is 8.75. The number of hydrogen-bond acceptors (Lipinski definition) is 6. The van der Waals surface area contributed by atoms with E-state index in [-0.39, 0.29) is 21.7 Å². The summed E-state index contributed by atoms with van der Waals surface area (Å²) in [4.78, 5) is 23.5. The fourth-order valence-corrected chi connectivity index (χ4v) is 3.59. The van der Waals surface area contributed by atoms with E-state index in [2.05, 4.69) is 4.74 Å². The number of carboxylic acid groups (broad SMARTS) is 1. The van der Waals surface area contributed by atoms with Gasteiger partial charge in [0.1, 0.15) is 5.75 Å². The van der Waals surface area contributed by atoms with Gasteiger partial charge in [-0.1, -0.05) is 6.07 Å². The summed E-state index contributed by atoms with van der Waals surface area (Å²) in [5.74, 6) is -1.75. The van der Waals surface area contributed by atoms with E-state index >= 15 is 0 Å². The van der Waals surface area contributed by atoms with Gasteiger partial charge in [-0.2, -0.15) is 0 Å². The molecule has 0 radical (unpaired) electrons. The van der Waals surface area contributed by atoms with E-state index in [4.69, 9.17) is 4.74 Å². The van der Waals surface area contributed by atoms with Crippen LogP contribution in [0.4, 0.5) is 5.69 Å². The number of sulfonamides is 1. The smallest absolute Gasteiger partial charge is 0.340 e. The number of aromatic carboxylic acids is 1. The van der Waals surface area contributed by atoms with E-state index in [0.29, 0.717) is 5.75 Å². The molecule has 0 atom stereocenters. The van der Waals surface area contributed by atoms with Crippen molar-refractivity contribution in [3.63, 3.8) is 0 Å². The van der Waals surface area contributed by atoms with Crippen molar-refractivity contribution in [3.8, 4) is 5.75 Å². The Hall–Kier alpha value is -3.07. The number of hydrogen-bond donors (Lipinski definition) is 1. The third-order valence-corrected chi connectivity index (χ3v) is 5.48. The molecule has 0 aliphatic rings. The van der Waals surface area contributed by atoms with Crippen LogP contribution in [0.1, 0.15) is 20.7 Å². The second kappa shape index (κ2) is 7.44. The second-order valence-corrected chi connectivity index (χ2v) is 7.12. The molecule has 0 saturated carbocycles. The fourth-order valence-electron chi connectivity index (χ4n) is 2.36. The molecule has 138 valence electrons. The number of methoxy groups -OCH3 is 2. The third kappa shape index (κ3) is 3.47. The highest BCUT2D eigenvalue weighted by Crippen LogP contribution is 2.30. The van der Waals surface area contributed by atoms with Crippen molar-refractivity contribution in [2.24, 2.45) is 0 Å². The minimum absolute atomic E-state index is 0.0863. The third-order valence-electron chi connectivity index (χ3n) is 3.70. The highest BCUT2D eigenvalue weighted by Gasteiger charge is 2.29. The molecule has 0 bridgehead atoms. The molecule has 0 fully saturated rings. The number of rotatable bonds is 6. The molecule has 2 aromatic rings. The highest BCUT2D eigenvalue weighted by atomic mass is 32.2. The van der Waals surface area contributed by atoms with Gasteiger partial charge in [-0.25, -0.2) is 18.0 Å². The molecule has 2 aromatic carbocycles. The number of carbonyl (C=O) groups is 2. The van der Waals surface area contributed by atoms with E-state index in [1.54, 1.807) is 0 Å². The Morgan fingerprint density at radius 3 is 2.08 bits per heavy atom. The lowest BCUT2D eigenvalue weighted by Gasteiger charge is -2.23. The van der Waals surface area contributed by atoms with Gasteiger partial charge in [0.25, 0.3) is 10.0 Å². The summed E-state index contributed by atoms with van der Waals surface area (Å²) in [5, 5.41) is 9.41. The van der Waals surface area contributed by atoms with Crippen LogP contribution < -0.4 is 9.04 Å². The van der Waals surface area contributed by atoms with Gasteiger partial charge >= 0.3 is 11.9 Å². The van der Waals surface area contributed by atoms with Crippen molar-refractivity contribution in [1.82, 2.24) is 0 Å². The molecular weight excluding hydrogens is 362 g/mol. The van der Waals surface area contributed by atoms with E-state index in [1.165, 1.54) is 56.6 Å². The first-order valence-electron chi connectivity index (χ1n) is 7.31. The first kappa shape index (κ1) is 19.3. The maximum Gasteiger partial charge on any atom is 0.340 e. The maximum absolute atomic E-state index is 12.9. The summed E-state index contributed by atoms with van der Waals surface area (Å²) in [5.41, 5.74) is -0.790. The van der Waals surface area contributed by atoms with Crippen LogP contribution in [-0.4, -0.2) is 46.7 Å². The summed E-state index contributed by atoms with van der Waals surface area (Å²) in [6, 6.07) is 9.43. The molecule has 1 N–H and O–H groups in total. The first-order chi connectivity index (χ1) is 12.2. The van der Waals surface area contributed by atoms with Gasteiger partial charge in [-0.05, 0) is 36.4 Å². The van der Waals surface area contributed by atoms with Crippen molar-refractivity contribution in [2.45, 2.75) is 4.90 Å². The molecular formula is C17H17NO7S. The molecule has 8 nitrogen and oxygen atoms in total. The molecule has 0 unspecified atom stereocenters. The number of para-hydroxylation sites is 1. The summed E-state index contributed by atoms with van der Waals surface area (Å²) in [7, 11) is -0.388. The van der Waals surface area contributed by atoms with Gasteiger partial charge in [0.2, 0.25) is 0 Å². The number of esters is 1. The van der Waals surface area contributed by atoms with E-state index in [1.807, 2.05) is 0 Å². The van der Waals surface area contributed by atoms with Crippen LogP contribution in [-0.2, 0) is 14.8 Å². The lowest BCUT2D eigenvalue weighted by Crippen LogP contribution is -2.30. The predicted octanol–water partition coefficient (Wildman–Crippen LogP) is 2.01. The summed E-state index contributed by atoms with van der Waals surface area (Å²) < 4.78 is 36.2. The highest BCUT2D eigenvalue weighted by molar-refractivity contribution is 7.92. The predicted molar refractivity (Wildman–Crippen MR) is 93.3 cm³/mol. The van der Waals surface area contributed by atoms with Crippen LogP contribution in [0.2, 0.25) is 0 Å². The molecule has 0 aliphatic heterocycles.